The van der Waals surface area contributed by atoms with Gasteiger partial charge >= 0.3 is 6.18 Å². The average Bonchev–Trinajstić information content (AvgIpc) is 2.70. The summed E-state index contributed by atoms with van der Waals surface area (Å²) < 4.78 is 37.0. The van der Waals surface area contributed by atoms with Crippen molar-refractivity contribution in [3.8, 4) is 6.07 Å². The maximum absolute atomic E-state index is 12.3. The Balaban J connectivity index is 1.84. The molecule has 1 aliphatic heterocycles. The molecule has 1 unspecified atom stereocenters. The minimum Gasteiger partial charge on any atom is -0.356 e. The number of non-ortho nitro benzene ring substituents is 1. The summed E-state index contributed by atoms with van der Waals surface area (Å²) in [6.07, 6.45) is -3.45. The third-order valence-electron chi connectivity index (χ3n) is 4.69. The van der Waals surface area contributed by atoms with E-state index >= 15 is 0 Å². The Labute approximate surface area is 163 Å². The minimum absolute atomic E-state index is 0.164. The number of rotatable bonds is 4. The van der Waals surface area contributed by atoms with Crippen molar-refractivity contribution in [3.05, 3.63) is 39.9 Å². The molecule has 0 aliphatic carbocycles. The van der Waals surface area contributed by atoms with E-state index in [9.17, 15) is 33.3 Å². The highest BCUT2D eigenvalue weighted by molar-refractivity contribution is 5.88. The number of anilines is 1. The van der Waals surface area contributed by atoms with E-state index in [-0.39, 0.29) is 17.8 Å². The lowest BCUT2D eigenvalue weighted by molar-refractivity contribution is -0.384. The van der Waals surface area contributed by atoms with E-state index < -0.39 is 29.5 Å². The van der Waals surface area contributed by atoms with Crippen molar-refractivity contribution in [2.75, 3.05) is 24.5 Å². The molecule has 3 rings (SSSR count). The Bertz CT molecular complexity index is 1000. The molecule has 0 radical (unpaired) electrons. The van der Waals surface area contributed by atoms with Gasteiger partial charge in [-0.15, -0.1) is 0 Å². The van der Waals surface area contributed by atoms with Crippen LogP contribution in [0.4, 0.5) is 24.7 Å². The lowest BCUT2D eigenvalue weighted by Crippen LogP contribution is -2.45. The fraction of sp³-hybridized carbons (Fsp3) is 0.389. The molecule has 2 aromatic rings. The SMILES string of the molecule is N#Cc1cc(N2CCCC(C(=O)NCC(F)(F)F)C2)nc2ccc([N+](=O)[O-])cc12. The van der Waals surface area contributed by atoms with E-state index in [1.165, 1.54) is 24.3 Å². The van der Waals surface area contributed by atoms with E-state index in [2.05, 4.69) is 4.98 Å². The van der Waals surface area contributed by atoms with Gasteiger partial charge in [0.05, 0.1) is 28.0 Å². The van der Waals surface area contributed by atoms with Crippen molar-refractivity contribution in [1.29, 1.82) is 5.26 Å². The lowest BCUT2D eigenvalue weighted by atomic mass is 9.97. The first-order chi connectivity index (χ1) is 13.7. The van der Waals surface area contributed by atoms with E-state index in [1.54, 1.807) is 4.90 Å². The van der Waals surface area contributed by atoms with Crippen molar-refractivity contribution >= 4 is 28.3 Å². The Morgan fingerprint density at radius 3 is 2.83 bits per heavy atom. The number of amides is 1. The number of hydrogen-bond acceptors (Lipinski definition) is 6. The third kappa shape index (κ3) is 4.71. The van der Waals surface area contributed by atoms with Gasteiger partial charge < -0.3 is 10.2 Å². The molecule has 1 saturated heterocycles. The molecule has 1 fully saturated rings. The topological polar surface area (TPSA) is 112 Å². The minimum atomic E-state index is -4.48. The fourth-order valence-electron chi connectivity index (χ4n) is 3.30. The van der Waals surface area contributed by atoms with Crippen molar-refractivity contribution in [2.24, 2.45) is 5.92 Å². The molecule has 8 nitrogen and oxygen atoms in total. The molecule has 1 N–H and O–H groups in total. The number of hydrogen-bond donors (Lipinski definition) is 1. The van der Waals surface area contributed by atoms with Crippen LogP contribution in [0.1, 0.15) is 18.4 Å². The van der Waals surface area contributed by atoms with Gasteiger partial charge in [0.25, 0.3) is 5.69 Å². The van der Waals surface area contributed by atoms with Gasteiger partial charge in [0.15, 0.2) is 0 Å². The molecule has 152 valence electrons. The molecule has 11 heteroatoms. The maximum atomic E-state index is 12.3. The summed E-state index contributed by atoms with van der Waals surface area (Å²) in [5, 5.41) is 22.6. The van der Waals surface area contributed by atoms with Crippen molar-refractivity contribution in [2.45, 2.75) is 19.0 Å². The highest BCUT2D eigenvalue weighted by atomic mass is 19.4. The van der Waals surface area contributed by atoms with Crippen molar-refractivity contribution < 1.29 is 22.9 Å². The number of nitrogens with one attached hydrogen (secondary N) is 1. The van der Waals surface area contributed by atoms with E-state index in [0.29, 0.717) is 36.1 Å². The van der Waals surface area contributed by atoms with E-state index in [1.807, 2.05) is 11.4 Å². The van der Waals surface area contributed by atoms with Gasteiger partial charge in [0.2, 0.25) is 5.91 Å². The number of nitro benzene ring substituents is 1. The van der Waals surface area contributed by atoms with Crippen LogP contribution in [0.3, 0.4) is 0 Å². The number of carbonyl (C=O) groups excluding carboxylic acids is 1. The second-order valence-corrected chi connectivity index (χ2v) is 6.72. The number of piperidine rings is 1. The van der Waals surface area contributed by atoms with Gasteiger partial charge in [-0.3, -0.25) is 14.9 Å². The summed E-state index contributed by atoms with van der Waals surface area (Å²) in [4.78, 5) is 28.6. The second-order valence-electron chi connectivity index (χ2n) is 6.72. The number of alkyl halides is 3. The number of benzene rings is 1. The summed E-state index contributed by atoms with van der Waals surface area (Å²) in [6.45, 7) is -0.687. The monoisotopic (exact) mass is 407 g/mol. The van der Waals surface area contributed by atoms with Gasteiger partial charge in [-0.1, -0.05) is 0 Å². The second kappa shape index (κ2) is 7.90. The zero-order valence-corrected chi connectivity index (χ0v) is 15.1. The van der Waals surface area contributed by atoms with Crippen LogP contribution in [0.5, 0.6) is 0 Å². The summed E-state index contributed by atoms with van der Waals surface area (Å²) in [5.41, 5.74) is 0.411. The summed E-state index contributed by atoms with van der Waals surface area (Å²) in [5.74, 6) is -0.911. The van der Waals surface area contributed by atoms with Gasteiger partial charge in [-0.05, 0) is 25.0 Å². The zero-order chi connectivity index (χ0) is 21.2. The molecule has 1 aliphatic rings. The average molecular weight is 407 g/mol. The van der Waals surface area contributed by atoms with Crippen LogP contribution in [0, 0.1) is 27.4 Å². The largest absolute Gasteiger partial charge is 0.405 e. The molecular weight excluding hydrogens is 391 g/mol. The molecule has 0 bridgehead atoms. The molecule has 29 heavy (non-hydrogen) atoms. The quantitative estimate of drug-likeness (QED) is 0.616. The first-order valence-electron chi connectivity index (χ1n) is 8.76. The number of fused-ring (bicyclic) bond motifs is 1. The molecule has 1 atom stereocenters. The predicted octanol–water partition coefficient (Wildman–Crippen LogP) is 2.91. The van der Waals surface area contributed by atoms with Crippen LogP contribution < -0.4 is 10.2 Å². The van der Waals surface area contributed by atoms with Gasteiger partial charge in [-0.25, -0.2) is 4.98 Å². The number of halogens is 3. The van der Waals surface area contributed by atoms with Crippen LogP contribution in [-0.4, -0.2) is 41.6 Å². The molecule has 0 saturated carbocycles. The Kier molecular flexibility index (Phi) is 5.54. The van der Waals surface area contributed by atoms with Crippen LogP contribution in [0.25, 0.3) is 10.9 Å². The molecule has 0 spiro atoms. The fourth-order valence-corrected chi connectivity index (χ4v) is 3.30. The van der Waals surface area contributed by atoms with Gasteiger partial charge in [0.1, 0.15) is 12.4 Å². The van der Waals surface area contributed by atoms with Crippen LogP contribution in [0.2, 0.25) is 0 Å². The third-order valence-corrected chi connectivity index (χ3v) is 4.69. The van der Waals surface area contributed by atoms with Crippen LogP contribution in [-0.2, 0) is 4.79 Å². The summed E-state index contributed by atoms with van der Waals surface area (Å²) in [6, 6.07) is 7.46. The van der Waals surface area contributed by atoms with Gasteiger partial charge in [-0.2, -0.15) is 18.4 Å². The van der Waals surface area contributed by atoms with Crippen LogP contribution in [0.15, 0.2) is 24.3 Å². The molecule has 1 aromatic heterocycles. The maximum Gasteiger partial charge on any atom is 0.405 e. The standard InChI is InChI=1S/C18H16F3N5O3/c19-18(20,21)10-23-17(27)11-2-1-5-25(9-11)16-6-12(8-22)14-7-13(26(28)29)3-4-15(14)24-16/h3-4,6-7,11H,1-2,5,9-10H2,(H,23,27). The summed E-state index contributed by atoms with van der Waals surface area (Å²) >= 11 is 0. The first-order valence-corrected chi connectivity index (χ1v) is 8.76. The highest BCUT2D eigenvalue weighted by Crippen LogP contribution is 2.29. The number of aromatic nitrogens is 1. The zero-order valence-electron chi connectivity index (χ0n) is 15.1. The molecule has 2 heterocycles. The number of pyridine rings is 1. The summed E-state index contributed by atoms with van der Waals surface area (Å²) in [7, 11) is 0. The van der Waals surface area contributed by atoms with Crippen molar-refractivity contribution in [1.82, 2.24) is 10.3 Å². The Morgan fingerprint density at radius 2 is 2.17 bits per heavy atom. The Hall–Kier alpha value is -3.42. The lowest BCUT2D eigenvalue weighted by Gasteiger charge is -2.33. The van der Waals surface area contributed by atoms with Gasteiger partial charge in [0, 0.05) is 30.6 Å². The Morgan fingerprint density at radius 1 is 1.41 bits per heavy atom. The molecule has 1 amide bonds. The number of nitro groups is 1. The normalized spacial score (nSPS) is 17.0. The van der Waals surface area contributed by atoms with E-state index in [0.717, 1.165) is 0 Å². The highest BCUT2D eigenvalue weighted by Gasteiger charge is 2.32. The van der Waals surface area contributed by atoms with Crippen LogP contribution >= 0.6 is 0 Å². The molecular formula is C18H16F3N5O3. The number of nitrogens with zero attached hydrogens (tertiary/aromatic N) is 4. The van der Waals surface area contributed by atoms with Crippen molar-refractivity contribution in [3.63, 3.8) is 0 Å². The first kappa shape index (κ1) is 20.3. The number of carbonyl (C=O) groups is 1. The number of nitriles is 1. The predicted molar refractivity (Wildman–Crippen MR) is 97.1 cm³/mol. The smallest absolute Gasteiger partial charge is 0.356 e. The molecule has 1 aromatic carbocycles. The van der Waals surface area contributed by atoms with E-state index in [4.69, 9.17) is 0 Å².